The van der Waals surface area contributed by atoms with Crippen molar-refractivity contribution in [2.45, 2.75) is 20.0 Å². The second-order valence-electron chi connectivity index (χ2n) is 3.46. The third-order valence-electron chi connectivity index (χ3n) is 2.24. The van der Waals surface area contributed by atoms with Crippen LogP contribution in [-0.2, 0) is 0 Å². The fourth-order valence-corrected chi connectivity index (χ4v) is 1.41. The van der Waals surface area contributed by atoms with E-state index >= 15 is 0 Å². The zero-order valence-electron chi connectivity index (χ0n) is 9.11. The highest BCUT2D eigenvalue weighted by molar-refractivity contribution is 6.01. The summed E-state index contributed by atoms with van der Waals surface area (Å²) in [6.45, 7) is 3.03. The van der Waals surface area contributed by atoms with Crippen LogP contribution in [0.25, 0.3) is 0 Å². The van der Waals surface area contributed by atoms with Gasteiger partial charge in [0.1, 0.15) is 5.75 Å². The third kappa shape index (κ3) is 2.35. The second-order valence-corrected chi connectivity index (χ2v) is 3.46. The zero-order valence-corrected chi connectivity index (χ0v) is 9.11. The van der Waals surface area contributed by atoms with Crippen LogP contribution in [0, 0.1) is 13.8 Å². The molecule has 1 aromatic rings. The Kier molecular flexibility index (Phi) is 3.26. The van der Waals surface area contributed by atoms with Gasteiger partial charge in [-0.15, -0.1) is 0 Å². The normalized spacial score (nSPS) is 11.4. The Morgan fingerprint density at radius 1 is 1.19 bits per heavy atom. The van der Waals surface area contributed by atoms with Gasteiger partial charge in [-0.05, 0) is 37.1 Å². The first kappa shape index (κ1) is 12.5. The van der Waals surface area contributed by atoms with Crippen LogP contribution in [0.15, 0.2) is 12.1 Å². The van der Waals surface area contributed by atoms with Crippen LogP contribution in [0.5, 0.6) is 5.75 Å². The van der Waals surface area contributed by atoms with E-state index in [0.717, 1.165) is 0 Å². The number of alkyl halides is 3. The lowest BCUT2D eigenvalue weighted by Gasteiger charge is -2.11. The smallest absolute Gasteiger partial charge is 0.454 e. The summed E-state index contributed by atoms with van der Waals surface area (Å²) in [4.78, 5) is 11.1. The van der Waals surface area contributed by atoms with E-state index < -0.39 is 12.0 Å². The fourth-order valence-electron chi connectivity index (χ4n) is 1.41. The van der Waals surface area contributed by atoms with Crippen molar-refractivity contribution in [2.24, 2.45) is 0 Å². The molecule has 1 rings (SSSR count). The van der Waals surface area contributed by atoms with Gasteiger partial charge in [-0.1, -0.05) is 0 Å². The highest BCUT2D eigenvalue weighted by atomic mass is 19.4. The number of ether oxygens (including phenoxy) is 1. The van der Waals surface area contributed by atoms with Gasteiger partial charge in [0.25, 0.3) is 5.78 Å². The molecule has 0 spiro atoms. The summed E-state index contributed by atoms with van der Waals surface area (Å²) >= 11 is 0. The average Bonchev–Trinajstić information content (AvgIpc) is 2.18. The van der Waals surface area contributed by atoms with E-state index in [-0.39, 0.29) is 11.1 Å². The molecule has 0 aromatic heterocycles. The summed E-state index contributed by atoms with van der Waals surface area (Å²) < 4.78 is 41.7. The van der Waals surface area contributed by atoms with Gasteiger partial charge in [0, 0.05) is 5.56 Å². The predicted molar refractivity (Wildman–Crippen MR) is 52.9 cm³/mol. The molecule has 1 aromatic carbocycles. The largest absolute Gasteiger partial charge is 0.496 e. The quantitative estimate of drug-likeness (QED) is 0.732. The van der Waals surface area contributed by atoms with Crippen molar-refractivity contribution in [3.05, 3.63) is 28.8 Å². The van der Waals surface area contributed by atoms with E-state index in [1.54, 1.807) is 6.92 Å². The number of benzene rings is 1. The minimum Gasteiger partial charge on any atom is -0.496 e. The van der Waals surface area contributed by atoms with Crippen LogP contribution in [0.1, 0.15) is 21.5 Å². The van der Waals surface area contributed by atoms with Crippen LogP contribution >= 0.6 is 0 Å². The Hall–Kier alpha value is -1.52. The van der Waals surface area contributed by atoms with Crippen LogP contribution < -0.4 is 4.74 Å². The molecule has 0 N–H and O–H groups in total. The number of ketones is 1. The summed E-state index contributed by atoms with van der Waals surface area (Å²) in [5.41, 5.74) is 0.427. The maximum absolute atomic E-state index is 12.2. The molecule has 0 unspecified atom stereocenters. The molecule has 5 heteroatoms. The number of halogens is 3. The minimum absolute atomic E-state index is 0.254. The summed E-state index contributed by atoms with van der Waals surface area (Å²) in [5.74, 6) is -1.35. The third-order valence-corrected chi connectivity index (χ3v) is 2.24. The van der Waals surface area contributed by atoms with Crippen LogP contribution in [0.4, 0.5) is 13.2 Å². The van der Waals surface area contributed by atoms with Gasteiger partial charge in [-0.25, -0.2) is 0 Å². The molecule has 0 heterocycles. The van der Waals surface area contributed by atoms with Crippen molar-refractivity contribution >= 4 is 5.78 Å². The van der Waals surface area contributed by atoms with E-state index in [4.69, 9.17) is 4.74 Å². The Morgan fingerprint density at radius 3 is 2.19 bits per heavy atom. The van der Waals surface area contributed by atoms with Gasteiger partial charge >= 0.3 is 6.18 Å². The van der Waals surface area contributed by atoms with Crippen molar-refractivity contribution in [3.8, 4) is 5.75 Å². The topological polar surface area (TPSA) is 26.3 Å². The summed E-state index contributed by atoms with van der Waals surface area (Å²) in [6, 6.07) is 2.62. The molecule has 0 atom stereocenters. The van der Waals surface area contributed by atoms with Crippen LogP contribution in [-0.4, -0.2) is 19.1 Å². The lowest BCUT2D eigenvalue weighted by molar-refractivity contribution is -0.0885. The molecule has 0 saturated heterocycles. The van der Waals surface area contributed by atoms with Crippen molar-refractivity contribution in [3.63, 3.8) is 0 Å². The van der Waals surface area contributed by atoms with Gasteiger partial charge in [-0.3, -0.25) is 4.79 Å². The Morgan fingerprint density at radius 2 is 1.75 bits per heavy atom. The number of carbonyl (C=O) groups is 1. The standard InChI is InChI=1S/C11H11F3O2/c1-6-5-9(16-3)7(2)4-8(6)10(15)11(12,13)14/h4-5H,1-3H3. The molecule has 0 radical (unpaired) electrons. The van der Waals surface area contributed by atoms with E-state index in [9.17, 15) is 18.0 Å². The maximum atomic E-state index is 12.2. The molecule has 0 bridgehead atoms. The fraction of sp³-hybridized carbons (Fsp3) is 0.364. The number of carbonyl (C=O) groups excluding carboxylic acids is 1. The lowest BCUT2D eigenvalue weighted by Crippen LogP contribution is -2.23. The SMILES string of the molecule is COc1cc(C)c(C(=O)C(F)(F)F)cc1C. The number of hydrogen-bond acceptors (Lipinski definition) is 2. The van der Waals surface area contributed by atoms with Gasteiger partial charge in [0.15, 0.2) is 0 Å². The molecule has 0 saturated carbocycles. The van der Waals surface area contributed by atoms with E-state index in [2.05, 4.69) is 0 Å². The highest BCUT2D eigenvalue weighted by Crippen LogP contribution is 2.28. The molecular weight excluding hydrogens is 221 g/mol. The van der Waals surface area contributed by atoms with Crippen molar-refractivity contribution in [1.82, 2.24) is 0 Å². The summed E-state index contributed by atoms with van der Waals surface area (Å²) in [6.07, 6.45) is -4.84. The summed E-state index contributed by atoms with van der Waals surface area (Å²) in [7, 11) is 1.42. The zero-order chi connectivity index (χ0) is 12.5. The van der Waals surface area contributed by atoms with E-state index in [0.29, 0.717) is 11.3 Å². The van der Waals surface area contributed by atoms with Crippen molar-refractivity contribution < 1.29 is 22.7 Å². The van der Waals surface area contributed by atoms with E-state index in [1.807, 2.05) is 0 Å². The Labute approximate surface area is 91.0 Å². The molecule has 88 valence electrons. The molecule has 0 aliphatic carbocycles. The second kappa shape index (κ2) is 4.15. The summed E-state index contributed by atoms with van der Waals surface area (Å²) in [5, 5.41) is 0. The van der Waals surface area contributed by atoms with Crippen molar-refractivity contribution in [1.29, 1.82) is 0 Å². The van der Waals surface area contributed by atoms with Gasteiger partial charge in [-0.2, -0.15) is 13.2 Å². The number of hydrogen-bond donors (Lipinski definition) is 0. The van der Waals surface area contributed by atoms with Crippen LogP contribution in [0.2, 0.25) is 0 Å². The minimum atomic E-state index is -4.84. The molecule has 16 heavy (non-hydrogen) atoms. The molecule has 2 nitrogen and oxygen atoms in total. The molecule has 0 aliphatic rings. The first-order valence-electron chi connectivity index (χ1n) is 4.54. The Balaban J connectivity index is 3.27. The van der Waals surface area contributed by atoms with Crippen molar-refractivity contribution in [2.75, 3.05) is 7.11 Å². The van der Waals surface area contributed by atoms with Gasteiger partial charge in [0.05, 0.1) is 7.11 Å². The van der Waals surface area contributed by atoms with Gasteiger partial charge < -0.3 is 4.74 Å². The molecular formula is C11H11F3O2. The Bertz CT molecular complexity index is 422. The number of aryl methyl sites for hydroxylation is 2. The molecule has 0 amide bonds. The first-order valence-corrected chi connectivity index (χ1v) is 4.54. The average molecular weight is 232 g/mol. The van der Waals surface area contributed by atoms with E-state index in [1.165, 1.54) is 26.2 Å². The van der Waals surface area contributed by atoms with Gasteiger partial charge in [0.2, 0.25) is 0 Å². The number of methoxy groups -OCH3 is 1. The monoisotopic (exact) mass is 232 g/mol. The number of rotatable bonds is 2. The number of Topliss-reactive ketones (excluding diaryl/α,β-unsaturated/α-hetero) is 1. The maximum Gasteiger partial charge on any atom is 0.454 e. The lowest BCUT2D eigenvalue weighted by atomic mass is 10.0. The molecule has 0 fully saturated rings. The van der Waals surface area contributed by atoms with Crippen LogP contribution in [0.3, 0.4) is 0 Å². The molecule has 0 aliphatic heterocycles. The highest BCUT2D eigenvalue weighted by Gasteiger charge is 2.40. The first-order chi connectivity index (χ1) is 7.27. The predicted octanol–water partition coefficient (Wildman–Crippen LogP) is 3.06.